The molecule has 0 spiro atoms. The number of rotatable bonds is 3. The molecule has 0 saturated heterocycles. The number of H-pyrrole nitrogens is 1. The van der Waals surface area contributed by atoms with Gasteiger partial charge in [0, 0.05) is 12.5 Å². The van der Waals surface area contributed by atoms with Gasteiger partial charge in [0.15, 0.2) is 11.9 Å². The molecule has 0 radical (unpaired) electrons. The molecule has 0 bridgehead atoms. The summed E-state index contributed by atoms with van der Waals surface area (Å²) in [4.78, 5) is 4.22. The van der Waals surface area contributed by atoms with Gasteiger partial charge in [-0.3, -0.25) is 0 Å². The first-order valence-corrected chi connectivity index (χ1v) is 4.68. The molecule has 0 aliphatic rings. The number of aryl methyl sites for hydroxylation is 1. The molecule has 1 rings (SSSR count). The molecular formula is C10H18N2O2+2. The summed E-state index contributed by atoms with van der Waals surface area (Å²) < 4.78 is 0. The van der Waals surface area contributed by atoms with Crippen LogP contribution < -0.4 is 9.88 Å². The van der Waals surface area contributed by atoms with Gasteiger partial charge in [0.05, 0.1) is 26.3 Å². The minimum Gasteiger partial charge on any atom is -0.502 e. The maximum atomic E-state index is 9.69. The summed E-state index contributed by atoms with van der Waals surface area (Å²) in [5, 5.41) is 18.8. The minimum atomic E-state index is -0.121. The Bertz CT molecular complexity index is 324. The number of aromatic amines is 1. The number of aliphatic hydroxyl groups is 1. The van der Waals surface area contributed by atoms with Gasteiger partial charge in [0.2, 0.25) is 5.69 Å². The van der Waals surface area contributed by atoms with E-state index < -0.39 is 0 Å². The van der Waals surface area contributed by atoms with Crippen molar-refractivity contribution >= 4 is 0 Å². The molecule has 78 valence electrons. The van der Waals surface area contributed by atoms with Crippen LogP contribution in [0, 0.1) is 6.92 Å². The highest BCUT2D eigenvalue weighted by Gasteiger charge is 2.16. The van der Waals surface area contributed by atoms with E-state index in [1.165, 1.54) is 4.90 Å². The van der Waals surface area contributed by atoms with Crippen LogP contribution in [0.2, 0.25) is 0 Å². The third-order valence-corrected chi connectivity index (χ3v) is 2.19. The summed E-state index contributed by atoms with van der Waals surface area (Å²) >= 11 is 0. The van der Waals surface area contributed by atoms with Crippen LogP contribution in [-0.2, 0) is 13.2 Å². The van der Waals surface area contributed by atoms with Crippen molar-refractivity contribution in [2.45, 2.75) is 20.1 Å². The second-order valence-corrected chi connectivity index (χ2v) is 3.81. The standard InChI is InChI=1S/C10H16N2O2/c1-7-10(14)9(6-13)8(4-11-7)5-12(2)3/h4,13-14H,5-6H2,1-3H3/p+2. The SMILES string of the molecule is Cc1[nH+]cc(C[NH+](C)C)c(CO)c1O. The van der Waals surface area contributed by atoms with Crippen molar-refractivity contribution in [2.24, 2.45) is 0 Å². The van der Waals surface area contributed by atoms with Crippen LogP contribution in [0.1, 0.15) is 16.8 Å². The predicted molar refractivity (Wildman–Crippen MR) is 51.8 cm³/mol. The normalized spacial score (nSPS) is 10.9. The fourth-order valence-corrected chi connectivity index (χ4v) is 1.44. The maximum Gasteiger partial charge on any atom is 0.219 e. The van der Waals surface area contributed by atoms with Crippen LogP contribution in [0.15, 0.2) is 6.20 Å². The van der Waals surface area contributed by atoms with Gasteiger partial charge in [-0.2, -0.15) is 0 Å². The van der Waals surface area contributed by atoms with Crippen molar-refractivity contribution in [3.05, 3.63) is 23.0 Å². The van der Waals surface area contributed by atoms with Crippen molar-refractivity contribution in [3.63, 3.8) is 0 Å². The first-order valence-electron chi connectivity index (χ1n) is 4.68. The summed E-state index contributed by atoms with van der Waals surface area (Å²) in [6.45, 7) is 2.44. The highest BCUT2D eigenvalue weighted by molar-refractivity contribution is 5.37. The summed E-state index contributed by atoms with van der Waals surface area (Å²) in [5.41, 5.74) is 2.27. The van der Waals surface area contributed by atoms with Gasteiger partial charge in [-0.05, 0) is 0 Å². The third kappa shape index (κ3) is 2.21. The van der Waals surface area contributed by atoms with Crippen LogP contribution in [0.25, 0.3) is 0 Å². The molecule has 0 aliphatic heterocycles. The average molecular weight is 198 g/mol. The number of aliphatic hydroxyl groups excluding tert-OH is 1. The highest BCUT2D eigenvalue weighted by atomic mass is 16.3. The zero-order valence-corrected chi connectivity index (χ0v) is 8.89. The van der Waals surface area contributed by atoms with Crippen molar-refractivity contribution in [1.82, 2.24) is 0 Å². The van der Waals surface area contributed by atoms with Crippen LogP contribution in [0.5, 0.6) is 5.75 Å². The lowest BCUT2D eigenvalue weighted by Gasteiger charge is -2.09. The van der Waals surface area contributed by atoms with Crippen LogP contribution >= 0.6 is 0 Å². The Labute approximate surface area is 83.8 Å². The van der Waals surface area contributed by atoms with E-state index in [1.54, 1.807) is 6.92 Å². The molecule has 0 fully saturated rings. The quantitative estimate of drug-likeness (QED) is 0.562. The third-order valence-electron chi connectivity index (χ3n) is 2.19. The Hall–Kier alpha value is -1.13. The van der Waals surface area contributed by atoms with Gasteiger partial charge in [0.1, 0.15) is 6.54 Å². The molecule has 4 N–H and O–H groups in total. The number of aromatic hydroxyl groups is 1. The summed E-state index contributed by atoms with van der Waals surface area (Å²) in [5.74, 6) is 0.172. The van der Waals surface area contributed by atoms with E-state index in [-0.39, 0.29) is 12.4 Å². The lowest BCUT2D eigenvalue weighted by molar-refractivity contribution is -0.873. The van der Waals surface area contributed by atoms with E-state index in [1.807, 2.05) is 20.3 Å². The molecule has 0 unspecified atom stereocenters. The summed E-state index contributed by atoms with van der Waals surface area (Å²) in [6.07, 6.45) is 1.84. The molecule has 0 aliphatic carbocycles. The zero-order valence-electron chi connectivity index (χ0n) is 8.89. The smallest absolute Gasteiger partial charge is 0.219 e. The molecule has 4 nitrogen and oxygen atoms in total. The van der Waals surface area contributed by atoms with E-state index in [2.05, 4.69) is 4.98 Å². The van der Waals surface area contributed by atoms with Gasteiger partial charge in [-0.1, -0.05) is 0 Å². The first kappa shape index (κ1) is 10.9. The number of aromatic nitrogens is 1. The molecule has 4 heteroatoms. The van der Waals surface area contributed by atoms with Crippen LogP contribution in [0.3, 0.4) is 0 Å². The molecule has 0 saturated carbocycles. The zero-order chi connectivity index (χ0) is 10.7. The number of hydrogen-bond acceptors (Lipinski definition) is 2. The van der Waals surface area contributed by atoms with Gasteiger partial charge >= 0.3 is 0 Å². The molecular weight excluding hydrogens is 180 g/mol. The van der Waals surface area contributed by atoms with Gasteiger partial charge in [-0.15, -0.1) is 0 Å². The topological polar surface area (TPSA) is 59.0 Å². The summed E-state index contributed by atoms with van der Waals surface area (Å²) in [7, 11) is 4.05. The average Bonchev–Trinajstić information content (AvgIpc) is 2.11. The Balaban J connectivity index is 3.10. The second-order valence-electron chi connectivity index (χ2n) is 3.81. The largest absolute Gasteiger partial charge is 0.502 e. The molecule has 0 atom stereocenters. The Morgan fingerprint density at radius 2 is 2.07 bits per heavy atom. The molecule has 14 heavy (non-hydrogen) atoms. The Morgan fingerprint density at radius 1 is 1.43 bits per heavy atom. The van der Waals surface area contributed by atoms with E-state index in [4.69, 9.17) is 5.11 Å². The fourth-order valence-electron chi connectivity index (χ4n) is 1.44. The Morgan fingerprint density at radius 3 is 2.57 bits per heavy atom. The molecule has 0 aromatic carbocycles. The van der Waals surface area contributed by atoms with Gasteiger partial charge in [0.25, 0.3) is 0 Å². The number of hydrogen-bond donors (Lipinski definition) is 3. The van der Waals surface area contributed by atoms with Gasteiger partial charge in [-0.25, -0.2) is 4.98 Å². The fraction of sp³-hybridized carbons (Fsp3) is 0.500. The lowest BCUT2D eigenvalue weighted by atomic mass is 10.1. The monoisotopic (exact) mass is 198 g/mol. The molecule has 1 heterocycles. The molecule has 1 aromatic rings. The van der Waals surface area contributed by atoms with Crippen molar-refractivity contribution in [1.29, 1.82) is 0 Å². The van der Waals surface area contributed by atoms with E-state index in [9.17, 15) is 5.11 Å². The Kier molecular flexibility index (Phi) is 3.43. The molecule has 0 amide bonds. The minimum absolute atomic E-state index is 0.121. The van der Waals surface area contributed by atoms with E-state index in [0.717, 1.165) is 12.1 Å². The number of quaternary nitrogens is 1. The van der Waals surface area contributed by atoms with Crippen molar-refractivity contribution in [3.8, 4) is 5.75 Å². The summed E-state index contributed by atoms with van der Waals surface area (Å²) in [6, 6.07) is 0. The number of pyridine rings is 1. The predicted octanol–water partition coefficient (Wildman–Crippen LogP) is -1.35. The van der Waals surface area contributed by atoms with Crippen molar-refractivity contribution in [2.75, 3.05) is 14.1 Å². The lowest BCUT2D eigenvalue weighted by Crippen LogP contribution is -3.04. The second kappa shape index (κ2) is 4.39. The molecule has 1 aromatic heterocycles. The van der Waals surface area contributed by atoms with Gasteiger partial charge < -0.3 is 15.1 Å². The van der Waals surface area contributed by atoms with Crippen LogP contribution in [-0.4, -0.2) is 24.3 Å². The van der Waals surface area contributed by atoms with E-state index in [0.29, 0.717) is 11.3 Å². The first-order chi connectivity index (χ1) is 6.56. The maximum absolute atomic E-state index is 9.69. The van der Waals surface area contributed by atoms with Crippen LogP contribution in [0.4, 0.5) is 0 Å². The van der Waals surface area contributed by atoms with Crippen molar-refractivity contribution < 1.29 is 20.1 Å². The number of nitrogens with one attached hydrogen (secondary N) is 2. The van der Waals surface area contributed by atoms with E-state index >= 15 is 0 Å². The highest BCUT2D eigenvalue weighted by Crippen LogP contribution is 2.20.